The number of ether oxygens (including phenoxy) is 3. The smallest absolute Gasteiger partial charge is 0.408 e. The molecule has 14 nitrogen and oxygen atoms in total. The Balaban J connectivity index is 1.34. The molecule has 3 fully saturated rings. The third-order valence-electron chi connectivity index (χ3n) is 10.4. The molecule has 1 aliphatic heterocycles. The highest BCUT2D eigenvalue weighted by molar-refractivity contribution is 9.10. The molecule has 2 aliphatic carbocycles. The second-order valence-electron chi connectivity index (χ2n) is 15.9. The Kier molecular flexibility index (Phi) is 11.7. The Labute approximate surface area is 332 Å². The molecule has 3 amide bonds. The Morgan fingerprint density at radius 3 is 2.45 bits per heavy atom. The highest BCUT2D eigenvalue weighted by Gasteiger charge is 2.61. The molecular formula is C39H49BrN6O8S. The van der Waals surface area contributed by atoms with Crippen molar-refractivity contribution >= 4 is 67.2 Å². The number of carbonyl (C=O) groups is 4. The van der Waals surface area contributed by atoms with Gasteiger partial charge in [0.05, 0.1) is 29.3 Å². The molecule has 1 saturated heterocycles. The minimum absolute atomic E-state index is 0.0244. The van der Waals surface area contributed by atoms with E-state index in [9.17, 15) is 24.3 Å². The van der Waals surface area contributed by atoms with Crippen molar-refractivity contribution in [3.05, 3.63) is 40.7 Å². The molecule has 5 atom stereocenters. The summed E-state index contributed by atoms with van der Waals surface area (Å²) in [5, 5.41) is 22.2. The van der Waals surface area contributed by atoms with Gasteiger partial charge >= 0.3 is 12.1 Å². The number of methoxy groups -OCH3 is 1. The summed E-state index contributed by atoms with van der Waals surface area (Å²) in [6, 6.07) is 3.40. The first-order valence-corrected chi connectivity index (χ1v) is 20.2. The van der Waals surface area contributed by atoms with Gasteiger partial charge in [0.25, 0.3) is 0 Å². The number of carboxylic acids is 1. The number of likely N-dealkylation sites (tertiary alicyclic amines) is 1. The molecule has 296 valence electrons. The van der Waals surface area contributed by atoms with E-state index < -0.39 is 58.9 Å². The fourth-order valence-corrected chi connectivity index (χ4v) is 8.74. The number of hydrogen-bond acceptors (Lipinski definition) is 11. The van der Waals surface area contributed by atoms with Crippen LogP contribution in [-0.2, 0) is 19.1 Å². The number of thiazole rings is 1. The number of carboxylic acid groups (broad SMARTS) is 1. The Morgan fingerprint density at radius 1 is 1.11 bits per heavy atom. The molecule has 1 aromatic carbocycles. The number of alkyl carbamates (subject to hydrolysis) is 1. The van der Waals surface area contributed by atoms with Crippen LogP contribution in [0.15, 0.2) is 40.7 Å². The molecule has 0 radical (unpaired) electrons. The van der Waals surface area contributed by atoms with E-state index in [1.54, 1.807) is 19.2 Å². The average Bonchev–Trinajstić information content (AvgIpc) is 3.53. The first-order valence-electron chi connectivity index (χ1n) is 18.6. The van der Waals surface area contributed by atoms with Gasteiger partial charge in [0, 0.05) is 35.2 Å². The molecule has 55 heavy (non-hydrogen) atoms. The van der Waals surface area contributed by atoms with Gasteiger partial charge in [-0.2, -0.15) is 0 Å². The first-order chi connectivity index (χ1) is 26.0. The van der Waals surface area contributed by atoms with E-state index in [-0.39, 0.29) is 31.5 Å². The van der Waals surface area contributed by atoms with Gasteiger partial charge in [-0.25, -0.2) is 19.6 Å². The number of carbonyl (C=O) groups excluding carboxylic acids is 3. The lowest BCUT2D eigenvalue weighted by Crippen LogP contribution is -2.59. The van der Waals surface area contributed by atoms with E-state index in [0.29, 0.717) is 38.3 Å². The molecule has 3 aromatic rings. The Morgan fingerprint density at radius 2 is 1.84 bits per heavy atom. The van der Waals surface area contributed by atoms with Crippen molar-refractivity contribution in [2.45, 2.75) is 109 Å². The maximum atomic E-state index is 14.6. The van der Waals surface area contributed by atoms with Gasteiger partial charge in [0.1, 0.15) is 47.0 Å². The van der Waals surface area contributed by atoms with Gasteiger partial charge in [-0.05, 0) is 79.4 Å². The number of nitrogens with zero attached hydrogens (tertiary/aromatic N) is 3. The van der Waals surface area contributed by atoms with E-state index in [4.69, 9.17) is 24.2 Å². The molecule has 0 unspecified atom stereocenters. The van der Waals surface area contributed by atoms with Crippen LogP contribution >= 0.6 is 27.3 Å². The van der Waals surface area contributed by atoms with Crippen LogP contribution in [-0.4, -0.2) is 93.4 Å². The van der Waals surface area contributed by atoms with Crippen LogP contribution < -0.4 is 25.4 Å². The Hall–Kier alpha value is -4.44. The second kappa shape index (κ2) is 16.0. The van der Waals surface area contributed by atoms with Crippen molar-refractivity contribution in [3.63, 3.8) is 0 Å². The topological polar surface area (TPSA) is 181 Å². The van der Waals surface area contributed by atoms with Crippen molar-refractivity contribution < 1.29 is 38.5 Å². The quantitative estimate of drug-likeness (QED) is 0.138. The fourth-order valence-electron chi connectivity index (χ4n) is 7.30. The molecule has 2 saturated carbocycles. The lowest BCUT2D eigenvalue weighted by atomic mass is 9.85. The van der Waals surface area contributed by atoms with Crippen LogP contribution in [0.4, 0.5) is 9.93 Å². The van der Waals surface area contributed by atoms with Crippen LogP contribution in [0.2, 0.25) is 0 Å². The van der Waals surface area contributed by atoms with Crippen molar-refractivity contribution in [1.82, 2.24) is 25.5 Å². The predicted molar refractivity (Wildman–Crippen MR) is 212 cm³/mol. The number of hydrogen-bond donors (Lipinski definition) is 4. The SMILES string of the molecule is C=C[C@@H]1C[C@]1(NC(=O)[C@@H]1C[C@@H](Oc2cc(-c3csc(NC(C)C)n3)nc3c(Br)c(OC)ccc23)CN1C(=O)[C@@H](NC(=O)OC1CCCC1)C(C)(C)C)C(=O)O. The van der Waals surface area contributed by atoms with Gasteiger partial charge in [-0.15, -0.1) is 17.9 Å². The number of halogens is 1. The van der Waals surface area contributed by atoms with Gasteiger partial charge in [-0.3, -0.25) is 9.59 Å². The third kappa shape index (κ3) is 8.54. The lowest BCUT2D eigenvalue weighted by molar-refractivity contribution is -0.146. The van der Waals surface area contributed by atoms with E-state index in [1.807, 2.05) is 46.1 Å². The number of pyridine rings is 1. The van der Waals surface area contributed by atoms with E-state index >= 15 is 0 Å². The Bertz CT molecular complexity index is 1980. The summed E-state index contributed by atoms with van der Waals surface area (Å²) >= 11 is 5.10. The summed E-state index contributed by atoms with van der Waals surface area (Å²) in [4.78, 5) is 65.3. The molecule has 16 heteroatoms. The fraction of sp³-hybridized carbons (Fsp3) is 0.538. The summed E-state index contributed by atoms with van der Waals surface area (Å²) in [5.74, 6) is -1.77. The summed E-state index contributed by atoms with van der Waals surface area (Å²) < 4.78 is 18.6. The maximum absolute atomic E-state index is 14.6. The van der Waals surface area contributed by atoms with Crippen LogP contribution in [0.5, 0.6) is 11.5 Å². The van der Waals surface area contributed by atoms with Crippen LogP contribution in [0.25, 0.3) is 22.3 Å². The normalized spacial score (nSPS) is 23.0. The monoisotopic (exact) mass is 840 g/mol. The molecule has 0 spiro atoms. The van der Waals surface area contributed by atoms with Crippen LogP contribution in [0.1, 0.15) is 73.1 Å². The van der Waals surface area contributed by atoms with Gasteiger partial charge in [-0.1, -0.05) is 26.8 Å². The number of benzene rings is 1. The van der Waals surface area contributed by atoms with Crippen molar-refractivity contribution in [1.29, 1.82) is 0 Å². The predicted octanol–water partition coefficient (Wildman–Crippen LogP) is 6.53. The van der Waals surface area contributed by atoms with Gasteiger partial charge < -0.3 is 40.2 Å². The number of rotatable bonds is 13. The maximum Gasteiger partial charge on any atom is 0.408 e. The standard InChI is InChI=1S/C39H49BrN6O8S/c1-8-21-17-39(21,35(49)50)45-33(47)27-15-23(18-46(27)34(48)32(38(4,5)6)44-37(51)54-22-11-9-10-12-22)53-29-16-25(26-19-55-36(43-26)41-20(2)3)42-31-24(29)13-14-28(52-7)30(31)40/h8,13-14,16,19-23,27,32H,1,9-12,15,17-18H2,2-7H3,(H,41,43)(H,44,51)(H,45,47)(H,49,50)/t21-,23-,27+,32-,39-/m1/s1. The zero-order valence-electron chi connectivity index (χ0n) is 31.9. The zero-order chi connectivity index (χ0) is 39.8. The van der Waals surface area contributed by atoms with Crippen molar-refractivity contribution in [2.24, 2.45) is 11.3 Å². The van der Waals surface area contributed by atoms with Gasteiger partial charge in [0.15, 0.2) is 5.13 Å². The van der Waals surface area contributed by atoms with Crippen LogP contribution in [0.3, 0.4) is 0 Å². The summed E-state index contributed by atoms with van der Waals surface area (Å²) in [5.41, 5.74) is -0.577. The van der Waals surface area contributed by atoms with Crippen LogP contribution in [0, 0.1) is 11.3 Å². The third-order valence-corrected chi connectivity index (χ3v) is 11.9. The molecule has 2 aromatic heterocycles. The number of amides is 3. The largest absolute Gasteiger partial charge is 0.495 e. The molecular weight excluding hydrogens is 792 g/mol. The highest BCUT2D eigenvalue weighted by atomic mass is 79.9. The van der Waals surface area contributed by atoms with E-state index in [2.05, 4.69) is 38.5 Å². The minimum atomic E-state index is -1.52. The molecule has 3 heterocycles. The first kappa shape index (κ1) is 40.2. The van der Waals surface area contributed by atoms with Crippen molar-refractivity contribution in [2.75, 3.05) is 19.0 Å². The minimum Gasteiger partial charge on any atom is -0.495 e. The molecule has 0 bridgehead atoms. The molecule has 4 N–H and O–H groups in total. The summed E-state index contributed by atoms with van der Waals surface area (Å²) in [7, 11) is 1.56. The number of nitrogens with one attached hydrogen (secondary N) is 3. The summed E-state index contributed by atoms with van der Waals surface area (Å²) in [6.45, 7) is 13.2. The van der Waals surface area contributed by atoms with Gasteiger partial charge in [0.2, 0.25) is 11.8 Å². The lowest BCUT2D eigenvalue weighted by Gasteiger charge is -2.35. The number of aliphatic carboxylic acids is 1. The second-order valence-corrected chi connectivity index (χ2v) is 17.5. The summed E-state index contributed by atoms with van der Waals surface area (Å²) in [6.07, 6.45) is 3.57. The number of aromatic nitrogens is 2. The van der Waals surface area contributed by atoms with Crippen molar-refractivity contribution in [3.8, 4) is 22.9 Å². The van der Waals surface area contributed by atoms with E-state index in [1.165, 1.54) is 22.3 Å². The van der Waals surface area contributed by atoms with E-state index in [0.717, 1.165) is 30.8 Å². The number of fused-ring (bicyclic) bond motifs is 1. The highest BCUT2D eigenvalue weighted by Crippen LogP contribution is 2.45. The molecule has 6 rings (SSSR count). The number of anilines is 1. The molecule has 3 aliphatic rings. The average molecular weight is 842 g/mol. The zero-order valence-corrected chi connectivity index (χ0v) is 34.3.